The van der Waals surface area contributed by atoms with Crippen molar-refractivity contribution in [2.45, 2.75) is 200 Å². The molecule has 0 aliphatic heterocycles. The number of rotatable bonds is 43. The molecule has 1 N–H and O–H groups in total. The zero-order valence-electron chi connectivity index (χ0n) is 38.2. The van der Waals surface area contributed by atoms with Crippen LogP contribution < -0.4 is 0 Å². The van der Waals surface area contributed by atoms with Gasteiger partial charge in [0.2, 0.25) is 0 Å². The summed E-state index contributed by atoms with van der Waals surface area (Å²) >= 11 is 0. The van der Waals surface area contributed by atoms with Gasteiger partial charge in [0.1, 0.15) is 6.10 Å². The van der Waals surface area contributed by atoms with Crippen LogP contribution in [0.5, 0.6) is 0 Å². The Bertz CT molecular complexity index is 1180. The Morgan fingerprint density at radius 2 is 0.712 bits per heavy atom. The zero-order chi connectivity index (χ0) is 42.6. The van der Waals surface area contributed by atoms with Crippen LogP contribution in [-0.2, 0) is 14.3 Å². The number of esters is 1. The first kappa shape index (κ1) is 55.8. The SMILES string of the molecule is CC/C=C\C/C=C\C/C=C\C/C=C\C/C=C\C/C=C\CCCCCOCC(CO)OC(=O)CCCCCCCCCCCCCC/C=C\C/C=C\C/C=C\C/C=C\CC. The highest BCUT2D eigenvalue weighted by molar-refractivity contribution is 5.69. The van der Waals surface area contributed by atoms with Crippen molar-refractivity contribution in [2.75, 3.05) is 19.8 Å². The van der Waals surface area contributed by atoms with Crippen molar-refractivity contribution in [1.82, 2.24) is 0 Å². The van der Waals surface area contributed by atoms with Crippen LogP contribution in [0.2, 0.25) is 0 Å². The van der Waals surface area contributed by atoms with Gasteiger partial charge in [-0.3, -0.25) is 4.79 Å². The molecule has 0 spiro atoms. The van der Waals surface area contributed by atoms with E-state index in [2.05, 4.69) is 135 Å². The quantitative estimate of drug-likeness (QED) is 0.0378. The van der Waals surface area contributed by atoms with Crippen molar-refractivity contribution in [3.05, 3.63) is 122 Å². The van der Waals surface area contributed by atoms with Gasteiger partial charge in [-0.25, -0.2) is 0 Å². The monoisotopic (exact) mass is 815 g/mol. The molecule has 0 radical (unpaired) electrons. The molecule has 4 heteroatoms. The molecular formula is C55H90O4. The van der Waals surface area contributed by atoms with Crippen molar-refractivity contribution in [3.63, 3.8) is 0 Å². The lowest BCUT2D eigenvalue weighted by Crippen LogP contribution is -2.27. The number of hydrogen-bond acceptors (Lipinski definition) is 4. The lowest BCUT2D eigenvalue weighted by molar-refractivity contribution is -0.154. The standard InChI is InChI=1S/C55H90O4/c1-3-5-7-9-11-13-15-17-19-21-23-25-27-28-29-30-32-34-36-38-40-42-44-46-48-50-55(57)59-54(52-56)53-58-51-49-47-45-43-41-39-37-35-33-31-26-24-22-20-18-16-14-12-10-8-6-4-2/h5-8,11-14,17-20,23-26,33,35,39,41,54,56H,3-4,9-10,15-16,21-22,27-32,34,36-38,40,42-53H2,1-2H3/b7-5-,8-6-,13-11-,14-12-,19-17-,20-18-,25-23-,26-24-,35-33-,41-39-. The largest absolute Gasteiger partial charge is 0.457 e. The first-order valence-electron chi connectivity index (χ1n) is 24.1. The number of allylic oxidation sites excluding steroid dienone is 20. The topological polar surface area (TPSA) is 55.8 Å². The van der Waals surface area contributed by atoms with Crippen molar-refractivity contribution >= 4 is 5.97 Å². The zero-order valence-corrected chi connectivity index (χ0v) is 38.2. The molecule has 0 amide bonds. The summed E-state index contributed by atoms with van der Waals surface area (Å²) in [5, 5.41) is 9.64. The second-order valence-electron chi connectivity index (χ2n) is 15.4. The molecule has 0 heterocycles. The molecule has 0 saturated carbocycles. The molecule has 59 heavy (non-hydrogen) atoms. The molecule has 0 aliphatic carbocycles. The minimum atomic E-state index is -0.563. The number of unbranched alkanes of at least 4 members (excludes halogenated alkanes) is 15. The van der Waals surface area contributed by atoms with Gasteiger partial charge in [-0.1, -0.05) is 206 Å². The first-order chi connectivity index (χ1) is 29.2. The van der Waals surface area contributed by atoms with Crippen molar-refractivity contribution < 1.29 is 19.4 Å². The number of carbonyl (C=O) groups excluding carboxylic acids is 1. The molecular weight excluding hydrogens is 725 g/mol. The van der Waals surface area contributed by atoms with Gasteiger partial charge in [0.15, 0.2) is 0 Å². The second kappa shape index (κ2) is 50.9. The summed E-state index contributed by atoms with van der Waals surface area (Å²) < 4.78 is 11.2. The van der Waals surface area contributed by atoms with Gasteiger partial charge in [0.05, 0.1) is 13.2 Å². The summed E-state index contributed by atoms with van der Waals surface area (Å²) in [6.07, 6.45) is 75.6. The predicted octanol–water partition coefficient (Wildman–Crippen LogP) is 16.4. The van der Waals surface area contributed by atoms with Crippen LogP contribution in [0.3, 0.4) is 0 Å². The van der Waals surface area contributed by atoms with Gasteiger partial charge in [-0.15, -0.1) is 0 Å². The molecule has 0 aromatic rings. The Morgan fingerprint density at radius 3 is 1.07 bits per heavy atom. The molecule has 0 fully saturated rings. The fraction of sp³-hybridized carbons (Fsp3) is 0.618. The summed E-state index contributed by atoms with van der Waals surface area (Å²) in [6, 6.07) is 0. The lowest BCUT2D eigenvalue weighted by Gasteiger charge is -2.15. The van der Waals surface area contributed by atoms with Gasteiger partial charge < -0.3 is 14.6 Å². The van der Waals surface area contributed by atoms with E-state index in [1.54, 1.807) is 0 Å². The van der Waals surface area contributed by atoms with E-state index in [9.17, 15) is 9.90 Å². The maximum atomic E-state index is 12.3. The van der Waals surface area contributed by atoms with Gasteiger partial charge in [-0.2, -0.15) is 0 Å². The van der Waals surface area contributed by atoms with Gasteiger partial charge in [0, 0.05) is 13.0 Å². The average molecular weight is 815 g/mol. The molecule has 0 aliphatic rings. The van der Waals surface area contributed by atoms with E-state index in [-0.39, 0.29) is 19.2 Å². The second-order valence-corrected chi connectivity index (χ2v) is 15.4. The molecule has 0 bridgehead atoms. The van der Waals surface area contributed by atoms with Crippen LogP contribution in [0.15, 0.2) is 122 Å². The summed E-state index contributed by atoms with van der Waals surface area (Å²) in [4.78, 5) is 12.3. The maximum Gasteiger partial charge on any atom is 0.306 e. The molecule has 0 rings (SSSR count). The Hall–Kier alpha value is -3.21. The van der Waals surface area contributed by atoms with E-state index >= 15 is 0 Å². The van der Waals surface area contributed by atoms with Crippen LogP contribution in [0.25, 0.3) is 0 Å². The van der Waals surface area contributed by atoms with E-state index < -0.39 is 6.10 Å². The maximum absolute atomic E-state index is 12.3. The van der Waals surface area contributed by atoms with Crippen LogP contribution >= 0.6 is 0 Å². The van der Waals surface area contributed by atoms with Crippen LogP contribution in [0.1, 0.15) is 194 Å². The summed E-state index contributed by atoms with van der Waals surface area (Å²) in [5.74, 6) is -0.220. The number of aliphatic hydroxyl groups is 1. The van der Waals surface area contributed by atoms with E-state index in [4.69, 9.17) is 9.47 Å². The lowest BCUT2D eigenvalue weighted by atomic mass is 10.0. The van der Waals surface area contributed by atoms with Crippen molar-refractivity contribution in [2.24, 2.45) is 0 Å². The summed E-state index contributed by atoms with van der Waals surface area (Å²) in [6.45, 7) is 5.03. The third-order valence-electron chi connectivity index (χ3n) is 9.78. The van der Waals surface area contributed by atoms with Crippen LogP contribution in [-0.4, -0.2) is 37.0 Å². The normalized spacial score (nSPS) is 13.5. The molecule has 0 aromatic carbocycles. The third kappa shape index (κ3) is 49.1. The Balaban J connectivity index is 3.53. The molecule has 1 atom stereocenters. The molecule has 0 saturated heterocycles. The van der Waals surface area contributed by atoms with E-state index in [1.165, 1.54) is 70.6 Å². The molecule has 0 aromatic heterocycles. The minimum absolute atomic E-state index is 0.194. The smallest absolute Gasteiger partial charge is 0.306 e. The van der Waals surface area contributed by atoms with E-state index in [0.717, 1.165) is 103 Å². The van der Waals surface area contributed by atoms with Crippen molar-refractivity contribution in [1.29, 1.82) is 0 Å². The van der Waals surface area contributed by atoms with Gasteiger partial charge >= 0.3 is 5.97 Å². The number of ether oxygens (including phenoxy) is 2. The minimum Gasteiger partial charge on any atom is -0.457 e. The molecule has 4 nitrogen and oxygen atoms in total. The van der Waals surface area contributed by atoms with E-state index in [0.29, 0.717) is 13.0 Å². The molecule has 334 valence electrons. The highest BCUT2D eigenvalue weighted by Crippen LogP contribution is 2.14. The number of hydrogen-bond donors (Lipinski definition) is 1. The highest BCUT2D eigenvalue weighted by atomic mass is 16.6. The van der Waals surface area contributed by atoms with Gasteiger partial charge in [-0.05, 0) is 103 Å². The van der Waals surface area contributed by atoms with Gasteiger partial charge in [0.25, 0.3) is 0 Å². The number of aliphatic hydroxyl groups excluding tert-OH is 1. The van der Waals surface area contributed by atoms with Crippen LogP contribution in [0.4, 0.5) is 0 Å². The fourth-order valence-corrected chi connectivity index (χ4v) is 6.26. The number of carbonyl (C=O) groups is 1. The van der Waals surface area contributed by atoms with E-state index in [1.807, 2.05) is 0 Å². The fourth-order valence-electron chi connectivity index (χ4n) is 6.26. The predicted molar refractivity (Wildman–Crippen MR) is 260 cm³/mol. The highest BCUT2D eigenvalue weighted by Gasteiger charge is 2.13. The Morgan fingerprint density at radius 1 is 0.407 bits per heavy atom. The first-order valence-corrected chi connectivity index (χ1v) is 24.1. The third-order valence-corrected chi connectivity index (χ3v) is 9.78. The summed E-state index contributed by atoms with van der Waals surface area (Å²) in [7, 11) is 0. The Labute approximate surface area is 365 Å². The average Bonchev–Trinajstić information content (AvgIpc) is 3.24. The van der Waals surface area contributed by atoms with Crippen molar-refractivity contribution in [3.8, 4) is 0 Å². The molecule has 1 unspecified atom stereocenters. The Kier molecular flexibility index (Phi) is 48.2. The van der Waals surface area contributed by atoms with Crippen LogP contribution in [0, 0.1) is 0 Å². The summed E-state index contributed by atoms with van der Waals surface area (Å²) in [5.41, 5.74) is 0.